The van der Waals surface area contributed by atoms with E-state index in [9.17, 15) is 4.79 Å². The van der Waals surface area contributed by atoms with E-state index in [0.717, 1.165) is 22.8 Å². The number of hydrogen-bond acceptors (Lipinski definition) is 4. The van der Waals surface area contributed by atoms with E-state index in [2.05, 4.69) is 5.32 Å². The van der Waals surface area contributed by atoms with Gasteiger partial charge < -0.3 is 15.8 Å². The third kappa shape index (κ3) is 4.56. The number of nitrogens with two attached hydrogens (primary N) is 1. The van der Waals surface area contributed by atoms with Crippen LogP contribution in [0.2, 0.25) is 0 Å². The van der Waals surface area contributed by atoms with Gasteiger partial charge in [-0.2, -0.15) is 0 Å². The predicted octanol–water partition coefficient (Wildman–Crippen LogP) is 1.90. The van der Waals surface area contributed by atoms with Crippen LogP contribution in [0.1, 0.15) is 12.8 Å². The molecule has 0 radical (unpaired) electrons. The first-order valence-corrected chi connectivity index (χ1v) is 6.43. The van der Waals surface area contributed by atoms with Crippen LogP contribution in [0.4, 0.5) is 5.69 Å². The lowest BCUT2D eigenvalue weighted by molar-refractivity contribution is -0.120. The summed E-state index contributed by atoms with van der Waals surface area (Å²) in [5, 5.41) is 2.60. The number of methoxy groups -OCH3 is 1. The van der Waals surface area contributed by atoms with Gasteiger partial charge in [0.05, 0.1) is 7.11 Å². The Morgan fingerprint density at radius 1 is 1.53 bits per heavy atom. The van der Waals surface area contributed by atoms with Crippen LogP contribution in [0.3, 0.4) is 0 Å². The van der Waals surface area contributed by atoms with Gasteiger partial charge in [-0.1, -0.05) is 0 Å². The third-order valence-corrected chi connectivity index (χ3v) is 3.41. The molecule has 5 heteroatoms. The smallest absolute Gasteiger partial charge is 0.219 e. The zero-order valence-corrected chi connectivity index (χ0v) is 11.0. The van der Waals surface area contributed by atoms with Crippen LogP contribution in [0, 0.1) is 0 Å². The first kappa shape index (κ1) is 13.7. The number of hydrogen-bond donors (Lipinski definition) is 2. The minimum atomic E-state index is 0.0786. The van der Waals surface area contributed by atoms with Crippen LogP contribution in [-0.4, -0.2) is 25.8 Å². The monoisotopic (exact) mass is 254 g/mol. The normalized spacial score (nSPS) is 10.0. The summed E-state index contributed by atoms with van der Waals surface area (Å²) in [6, 6.07) is 5.60. The van der Waals surface area contributed by atoms with E-state index in [1.807, 2.05) is 12.1 Å². The standard InChI is InChI=1S/C12H18N2O2S/c1-14-12(15)4-3-7-17-11-6-5-9(13)8-10(11)16-2/h5-6,8H,3-4,7,13H2,1-2H3,(H,14,15). The van der Waals surface area contributed by atoms with Crippen molar-refractivity contribution in [1.82, 2.24) is 5.32 Å². The van der Waals surface area contributed by atoms with Gasteiger partial charge in [0.25, 0.3) is 0 Å². The van der Waals surface area contributed by atoms with Crippen molar-refractivity contribution in [2.45, 2.75) is 17.7 Å². The van der Waals surface area contributed by atoms with Crippen LogP contribution >= 0.6 is 11.8 Å². The lowest BCUT2D eigenvalue weighted by Crippen LogP contribution is -2.17. The van der Waals surface area contributed by atoms with Gasteiger partial charge in [-0.15, -0.1) is 11.8 Å². The van der Waals surface area contributed by atoms with Crippen molar-refractivity contribution in [3.05, 3.63) is 18.2 Å². The number of thioether (sulfide) groups is 1. The number of ether oxygens (including phenoxy) is 1. The summed E-state index contributed by atoms with van der Waals surface area (Å²) in [4.78, 5) is 12.1. The first-order valence-electron chi connectivity index (χ1n) is 5.44. The molecule has 0 aliphatic heterocycles. The molecule has 0 saturated heterocycles. The molecular formula is C12H18N2O2S. The fraction of sp³-hybridized carbons (Fsp3) is 0.417. The SMILES string of the molecule is CNC(=O)CCCSc1ccc(N)cc1OC. The molecule has 0 saturated carbocycles. The van der Waals surface area contributed by atoms with Gasteiger partial charge in [-0.25, -0.2) is 0 Å². The van der Waals surface area contributed by atoms with Gasteiger partial charge in [0, 0.05) is 30.1 Å². The summed E-state index contributed by atoms with van der Waals surface area (Å²) >= 11 is 1.67. The quantitative estimate of drug-likeness (QED) is 0.462. The molecule has 0 aliphatic rings. The third-order valence-electron chi connectivity index (χ3n) is 2.27. The van der Waals surface area contributed by atoms with Crippen molar-refractivity contribution >= 4 is 23.4 Å². The molecule has 0 aliphatic carbocycles. The molecule has 1 rings (SSSR count). The minimum Gasteiger partial charge on any atom is -0.496 e. The van der Waals surface area contributed by atoms with E-state index < -0.39 is 0 Å². The lowest BCUT2D eigenvalue weighted by Gasteiger charge is -2.08. The highest BCUT2D eigenvalue weighted by Gasteiger charge is 2.04. The van der Waals surface area contributed by atoms with Crippen LogP contribution in [0.5, 0.6) is 5.75 Å². The molecule has 1 aromatic carbocycles. The first-order chi connectivity index (χ1) is 8.17. The molecule has 17 heavy (non-hydrogen) atoms. The van der Waals surface area contributed by atoms with E-state index in [0.29, 0.717) is 12.1 Å². The number of carbonyl (C=O) groups is 1. The number of rotatable bonds is 6. The van der Waals surface area contributed by atoms with Crippen molar-refractivity contribution < 1.29 is 9.53 Å². The van der Waals surface area contributed by atoms with Gasteiger partial charge in [0.15, 0.2) is 0 Å². The minimum absolute atomic E-state index is 0.0786. The summed E-state index contributed by atoms with van der Waals surface area (Å²) in [6.45, 7) is 0. The fourth-order valence-corrected chi connectivity index (χ4v) is 2.30. The molecular weight excluding hydrogens is 236 g/mol. The Balaban J connectivity index is 2.43. The van der Waals surface area contributed by atoms with Crippen LogP contribution in [0.25, 0.3) is 0 Å². The predicted molar refractivity (Wildman–Crippen MR) is 71.4 cm³/mol. The van der Waals surface area contributed by atoms with Gasteiger partial charge in [0.2, 0.25) is 5.91 Å². The number of nitrogen functional groups attached to an aromatic ring is 1. The Morgan fingerprint density at radius 3 is 2.94 bits per heavy atom. The van der Waals surface area contributed by atoms with Crippen molar-refractivity contribution in [2.24, 2.45) is 0 Å². The topological polar surface area (TPSA) is 64.4 Å². The Hall–Kier alpha value is -1.36. The average molecular weight is 254 g/mol. The molecule has 0 atom stereocenters. The molecule has 4 nitrogen and oxygen atoms in total. The van der Waals surface area contributed by atoms with E-state index in [-0.39, 0.29) is 5.91 Å². The molecule has 0 spiro atoms. The number of anilines is 1. The molecule has 0 bridgehead atoms. The maximum absolute atomic E-state index is 11.0. The van der Waals surface area contributed by atoms with E-state index in [4.69, 9.17) is 10.5 Å². The van der Waals surface area contributed by atoms with Crippen molar-refractivity contribution in [2.75, 3.05) is 25.6 Å². The Kier molecular flexibility index (Phi) is 5.69. The molecule has 94 valence electrons. The highest BCUT2D eigenvalue weighted by molar-refractivity contribution is 7.99. The number of benzene rings is 1. The Morgan fingerprint density at radius 2 is 2.29 bits per heavy atom. The number of amides is 1. The molecule has 1 aromatic rings. The van der Waals surface area contributed by atoms with E-state index >= 15 is 0 Å². The molecule has 0 unspecified atom stereocenters. The summed E-state index contributed by atoms with van der Waals surface area (Å²) in [7, 11) is 3.28. The molecule has 1 amide bonds. The zero-order chi connectivity index (χ0) is 12.7. The van der Waals surface area contributed by atoms with Crippen molar-refractivity contribution in [1.29, 1.82) is 0 Å². The summed E-state index contributed by atoms with van der Waals surface area (Å²) in [6.07, 6.45) is 1.40. The maximum atomic E-state index is 11.0. The maximum Gasteiger partial charge on any atom is 0.219 e. The number of nitrogens with one attached hydrogen (secondary N) is 1. The van der Waals surface area contributed by atoms with Gasteiger partial charge in [-0.05, 0) is 24.3 Å². The van der Waals surface area contributed by atoms with Crippen molar-refractivity contribution in [3.8, 4) is 5.75 Å². The van der Waals surface area contributed by atoms with Gasteiger partial charge >= 0.3 is 0 Å². The van der Waals surface area contributed by atoms with Crippen LogP contribution in [-0.2, 0) is 4.79 Å². The van der Waals surface area contributed by atoms with Gasteiger partial charge in [-0.3, -0.25) is 4.79 Å². The van der Waals surface area contributed by atoms with Gasteiger partial charge in [0.1, 0.15) is 5.75 Å². The number of carbonyl (C=O) groups excluding carboxylic acids is 1. The second-order valence-electron chi connectivity index (χ2n) is 3.54. The summed E-state index contributed by atoms with van der Waals surface area (Å²) in [5.74, 6) is 1.75. The highest BCUT2D eigenvalue weighted by atomic mass is 32.2. The van der Waals surface area contributed by atoms with Crippen LogP contribution in [0.15, 0.2) is 23.1 Å². The summed E-state index contributed by atoms with van der Waals surface area (Å²) < 4.78 is 5.25. The molecule has 3 N–H and O–H groups in total. The second-order valence-corrected chi connectivity index (χ2v) is 4.67. The second kappa shape index (κ2) is 7.06. The van der Waals surface area contributed by atoms with E-state index in [1.54, 1.807) is 32.0 Å². The van der Waals surface area contributed by atoms with E-state index in [1.165, 1.54) is 0 Å². The molecule has 0 aromatic heterocycles. The molecule has 0 fully saturated rings. The zero-order valence-electron chi connectivity index (χ0n) is 10.2. The molecule has 0 heterocycles. The van der Waals surface area contributed by atoms with Crippen LogP contribution < -0.4 is 15.8 Å². The average Bonchev–Trinajstić information content (AvgIpc) is 2.35. The highest BCUT2D eigenvalue weighted by Crippen LogP contribution is 2.31. The lowest BCUT2D eigenvalue weighted by atomic mass is 10.3. The fourth-order valence-electron chi connectivity index (χ4n) is 1.34. The van der Waals surface area contributed by atoms with Crippen molar-refractivity contribution in [3.63, 3.8) is 0 Å². The largest absolute Gasteiger partial charge is 0.496 e. The Bertz CT molecular complexity index is 383. The summed E-state index contributed by atoms with van der Waals surface area (Å²) in [5.41, 5.74) is 6.36. The Labute approximate surface area is 106 Å².